The highest BCUT2D eigenvalue weighted by atomic mass is 19.4. The highest BCUT2D eigenvalue weighted by Crippen LogP contribution is 2.26. The first-order valence-corrected chi connectivity index (χ1v) is 8.33. The molecule has 0 fully saturated rings. The van der Waals surface area contributed by atoms with E-state index in [0.29, 0.717) is 12.2 Å². The summed E-state index contributed by atoms with van der Waals surface area (Å²) in [5, 5.41) is 12.8. The van der Waals surface area contributed by atoms with Crippen LogP contribution in [0.1, 0.15) is 45.7 Å². The molecule has 2 unspecified atom stereocenters. The molecule has 1 aromatic rings. The maximum atomic E-state index is 12.4. The zero-order chi connectivity index (χ0) is 20.0. The van der Waals surface area contributed by atoms with Gasteiger partial charge in [-0.25, -0.2) is 0 Å². The van der Waals surface area contributed by atoms with Crippen LogP contribution >= 0.6 is 0 Å². The monoisotopic (exact) mass is 377 g/mol. The molecule has 0 saturated carbocycles. The van der Waals surface area contributed by atoms with Gasteiger partial charge in [0.1, 0.15) is 5.75 Å². The quantitative estimate of drug-likeness (QED) is 0.727. The van der Waals surface area contributed by atoms with E-state index in [-0.39, 0.29) is 18.8 Å². The van der Waals surface area contributed by atoms with Gasteiger partial charge in [0.2, 0.25) is 5.91 Å². The van der Waals surface area contributed by atoms with Gasteiger partial charge >= 0.3 is 6.36 Å². The van der Waals surface area contributed by atoms with Crippen molar-refractivity contribution in [1.29, 1.82) is 0 Å². The number of ether oxygens (including phenoxy) is 2. The SMILES string of the molecule is CCOCC(NC(=O)CC(O)C(C)(C)C)c1cccc(OC(F)(F)F)c1. The van der Waals surface area contributed by atoms with Crippen LogP contribution in [0.15, 0.2) is 24.3 Å². The molecule has 5 nitrogen and oxygen atoms in total. The fourth-order valence-corrected chi connectivity index (χ4v) is 2.12. The Bertz CT molecular complexity index is 585. The van der Waals surface area contributed by atoms with E-state index in [1.165, 1.54) is 18.2 Å². The van der Waals surface area contributed by atoms with E-state index in [1.54, 1.807) is 33.8 Å². The predicted octanol–water partition coefficient (Wildman–Crippen LogP) is 3.58. The molecule has 1 amide bonds. The molecule has 0 saturated heterocycles. The topological polar surface area (TPSA) is 67.8 Å². The Kier molecular flexibility index (Phi) is 7.89. The standard InChI is InChI=1S/C18H26F3NO4/c1-5-25-11-14(22-16(24)10-15(23)17(2,3)4)12-7-6-8-13(9-12)26-18(19,20)21/h6-9,14-15,23H,5,10-11H2,1-4H3,(H,22,24). The van der Waals surface area contributed by atoms with Gasteiger partial charge in [-0.1, -0.05) is 32.9 Å². The van der Waals surface area contributed by atoms with Gasteiger partial charge < -0.3 is 19.9 Å². The lowest BCUT2D eigenvalue weighted by atomic mass is 9.87. The maximum absolute atomic E-state index is 12.4. The number of carbonyl (C=O) groups excluding carboxylic acids is 1. The van der Waals surface area contributed by atoms with E-state index in [2.05, 4.69) is 10.1 Å². The minimum atomic E-state index is -4.80. The molecule has 0 bridgehead atoms. The van der Waals surface area contributed by atoms with E-state index in [1.807, 2.05) is 0 Å². The summed E-state index contributed by atoms with van der Waals surface area (Å²) in [5.41, 5.74) is -0.0495. The highest BCUT2D eigenvalue weighted by molar-refractivity contribution is 5.77. The van der Waals surface area contributed by atoms with Crippen molar-refractivity contribution in [1.82, 2.24) is 5.32 Å². The zero-order valence-electron chi connectivity index (χ0n) is 15.4. The molecule has 8 heteroatoms. The molecule has 0 radical (unpaired) electrons. The molecule has 0 heterocycles. The predicted molar refractivity (Wildman–Crippen MR) is 90.6 cm³/mol. The van der Waals surface area contributed by atoms with Crippen molar-refractivity contribution in [2.75, 3.05) is 13.2 Å². The number of halogens is 3. The second-order valence-corrected chi connectivity index (χ2v) is 6.99. The Morgan fingerprint density at radius 3 is 2.46 bits per heavy atom. The summed E-state index contributed by atoms with van der Waals surface area (Å²) >= 11 is 0. The van der Waals surface area contributed by atoms with Gasteiger partial charge in [-0.15, -0.1) is 13.2 Å². The van der Waals surface area contributed by atoms with Crippen LogP contribution in [0.3, 0.4) is 0 Å². The summed E-state index contributed by atoms with van der Waals surface area (Å²) in [6.07, 6.45) is -5.77. The molecular formula is C18H26F3NO4. The molecule has 0 aliphatic heterocycles. The zero-order valence-corrected chi connectivity index (χ0v) is 15.4. The first-order valence-electron chi connectivity index (χ1n) is 8.33. The lowest BCUT2D eigenvalue weighted by Crippen LogP contribution is -2.37. The van der Waals surface area contributed by atoms with Crippen molar-refractivity contribution in [3.8, 4) is 5.75 Å². The molecule has 26 heavy (non-hydrogen) atoms. The third-order valence-electron chi connectivity index (χ3n) is 3.70. The second kappa shape index (κ2) is 9.23. The Labute approximate surface area is 151 Å². The van der Waals surface area contributed by atoms with Gasteiger partial charge in [0.05, 0.1) is 25.2 Å². The molecule has 148 valence electrons. The number of aliphatic hydroxyl groups excluding tert-OH is 1. The molecular weight excluding hydrogens is 351 g/mol. The van der Waals surface area contributed by atoms with Crippen molar-refractivity contribution in [2.24, 2.45) is 5.41 Å². The fourth-order valence-electron chi connectivity index (χ4n) is 2.12. The highest BCUT2D eigenvalue weighted by Gasteiger charge is 2.31. The summed E-state index contributed by atoms with van der Waals surface area (Å²) in [5.74, 6) is -0.792. The third-order valence-corrected chi connectivity index (χ3v) is 3.70. The van der Waals surface area contributed by atoms with Crippen molar-refractivity contribution in [3.05, 3.63) is 29.8 Å². The van der Waals surface area contributed by atoms with Crippen molar-refractivity contribution in [2.45, 2.75) is 52.6 Å². The molecule has 2 N–H and O–H groups in total. The van der Waals surface area contributed by atoms with Crippen molar-refractivity contribution in [3.63, 3.8) is 0 Å². The van der Waals surface area contributed by atoms with Crippen LogP contribution in [0.2, 0.25) is 0 Å². The van der Waals surface area contributed by atoms with Crippen LogP contribution < -0.4 is 10.1 Å². The second-order valence-electron chi connectivity index (χ2n) is 6.99. The molecule has 0 aliphatic carbocycles. The van der Waals surface area contributed by atoms with Crippen molar-refractivity contribution >= 4 is 5.91 Å². The fraction of sp³-hybridized carbons (Fsp3) is 0.611. The number of hydrogen-bond acceptors (Lipinski definition) is 4. The lowest BCUT2D eigenvalue weighted by molar-refractivity contribution is -0.274. The van der Waals surface area contributed by atoms with E-state index >= 15 is 0 Å². The van der Waals surface area contributed by atoms with Crippen LogP contribution in [0, 0.1) is 5.41 Å². The first-order chi connectivity index (χ1) is 11.9. The molecule has 1 rings (SSSR count). The summed E-state index contributed by atoms with van der Waals surface area (Å²) in [6.45, 7) is 7.66. The van der Waals surface area contributed by atoms with Gasteiger partial charge in [0.25, 0.3) is 0 Å². The average molecular weight is 377 g/mol. The first kappa shape index (κ1) is 22.2. The number of alkyl halides is 3. The van der Waals surface area contributed by atoms with Crippen molar-refractivity contribution < 1.29 is 32.5 Å². The Morgan fingerprint density at radius 2 is 1.92 bits per heavy atom. The normalized spacial score (nSPS) is 14.6. The molecule has 0 aromatic heterocycles. The van der Waals surface area contributed by atoms with E-state index in [0.717, 1.165) is 0 Å². The van der Waals surface area contributed by atoms with E-state index < -0.39 is 29.8 Å². The number of carbonyl (C=O) groups is 1. The van der Waals surface area contributed by atoms with E-state index in [9.17, 15) is 23.1 Å². The van der Waals surface area contributed by atoms with Crippen LogP contribution in [0.4, 0.5) is 13.2 Å². The van der Waals surface area contributed by atoms with Crippen LogP contribution in [-0.2, 0) is 9.53 Å². The summed E-state index contributed by atoms with van der Waals surface area (Å²) in [4.78, 5) is 12.2. The number of nitrogens with one attached hydrogen (secondary N) is 1. The van der Waals surface area contributed by atoms with Gasteiger partial charge in [0.15, 0.2) is 0 Å². The third kappa shape index (κ3) is 8.05. The summed E-state index contributed by atoms with van der Waals surface area (Å²) < 4.78 is 46.4. The molecule has 0 aliphatic rings. The molecule has 1 aromatic carbocycles. The number of amides is 1. The minimum Gasteiger partial charge on any atom is -0.406 e. The molecule has 0 spiro atoms. The van der Waals surface area contributed by atoms with Crippen LogP contribution in [-0.4, -0.2) is 36.7 Å². The minimum absolute atomic E-state index is 0.0866. The number of hydrogen-bond donors (Lipinski definition) is 2. The van der Waals surface area contributed by atoms with Gasteiger partial charge in [-0.05, 0) is 30.0 Å². The number of benzene rings is 1. The Balaban J connectivity index is 2.89. The van der Waals surface area contributed by atoms with Crippen LogP contribution in [0.25, 0.3) is 0 Å². The van der Waals surface area contributed by atoms with Crippen LogP contribution in [0.5, 0.6) is 5.75 Å². The summed E-state index contributed by atoms with van der Waals surface area (Å²) in [7, 11) is 0. The van der Waals surface area contributed by atoms with Gasteiger partial charge in [-0.2, -0.15) is 0 Å². The number of rotatable bonds is 8. The Hall–Kier alpha value is -1.80. The average Bonchev–Trinajstić information content (AvgIpc) is 2.49. The van der Waals surface area contributed by atoms with E-state index in [4.69, 9.17) is 4.74 Å². The Morgan fingerprint density at radius 1 is 1.27 bits per heavy atom. The van der Waals surface area contributed by atoms with Gasteiger partial charge in [-0.3, -0.25) is 4.79 Å². The van der Waals surface area contributed by atoms with Gasteiger partial charge in [0, 0.05) is 6.61 Å². The largest absolute Gasteiger partial charge is 0.573 e. The lowest BCUT2D eigenvalue weighted by Gasteiger charge is -2.26. The smallest absolute Gasteiger partial charge is 0.406 e. The number of aliphatic hydroxyl groups is 1. The maximum Gasteiger partial charge on any atom is 0.573 e. The summed E-state index contributed by atoms with van der Waals surface area (Å²) in [6, 6.07) is 4.71. The molecule has 2 atom stereocenters.